The van der Waals surface area contributed by atoms with Crippen molar-refractivity contribution >= 4 is 0 Å². The minimum Gasteiger partial charge on any atom is -0.382 e. The molecule has 0 bridgehead atoms. The molecule has 0 spiro atoms. The van der Waals surface area contributed by atoms with E-state index >= 15 is 0 Å². The highest BCUT2D eigenvalue weighted by Gasteiger charge is 2.27. The lowest BCUT2D eigenvalue weighted by molar-refractivity contribution is 0.0659. The third kappa shape index (κ3) is 2.16. The van der Waals surface area contributed by atoms with Crippen molar-refractivity contribution in [1.82, 2.24) is 0 Å². The molecule has 1 rings (SSSR count). The van der Waals surface area contributed by atoms with Crippen LogP contribution in [0.4, 0.5) is 0 Å². The lowest BCUT2D eigenvalue weighted by Gasteiger charge is -1.97. The fourth-order valence-corrected chi connectivity index (χ4v) is 0.630. The first-order valence-corrected chi connectivity index (χ1v) is 3.13. The van der Waals surface area contributed by atoms with Crippen LogP contribution in [0, 0.1) is 0 Å². The number of methoxy groups -OCH3 is 1. The summed E-state index contributed by atoms with van der Waals surface area (Å²) in [7, 11) is 1.67. The van der Waals surface area contributed by atoms with Crippen molar-refractivity contribution in [3.8, 4) is 0 Å². The van der Waals surface area contributed by atoms with E-state index in [2.05, 4.69) is 6.58 Å². The Labute approximate surface area is 55.5 Å². The molecule has 1 unspecified atom stereocenters. The third-order valence-electron chi connectivity index (χ3n) is 1.35. The minimum absolute atomic E-state index is 0.347. The molecule has 0 aromatic rings. The molecular formula is C7H12O2. The van der Waals surface area contributed by atoms with Crippen LogP contribution in [0.5, 0.6) is 0 Å². The van der Waals surface area contributed by atoms with Crippen molar-refractivity contribution in [3.63, 3.8) is 0 Å². The summed E-state index contributed by atoms with van der Waals surface area (Å²) in [6.45, 7) is 5.14. The maximum Gasteiger partial charge on any atom is 0.0822 e. The number of hydrogen-bond acceptors (Lipinski definition) is 2. The van der Waals surface area contributed by atoms with Gasteiger partial charge in [0.15, 0.2) is 0 Å². The second-order valence-corrected chi connectivity index (χ2v) is 2.21. The summed E-state index contributed by atoms with van der Waals surface area (Å²) in [4.78, 5) is 0. The van der Waals surface area contributed by atoms with Gasteiger partial charge >= 0.3 is 0 Å². The van der Waals surface area contributed by atoms with Gasteiger partial charge in [0.25, 0.3) is 0 Å². The van der Waals surface area contributed by atoms with Gasteiger partial charge in [-0.25, -0.2) is 0 Å². The van der Waals surface area contributed by atoms with Gasteiger partial charge in [-0.3, -0.25) is 0 Å². The largest absolute Gasteiger partial charge is 0.382 e. The Balaban J connectivity index is 1.88. The maximum absolute atomic E-state index is 5.28. The van der Waals surface area contributed by atoms with Gasteiger partial charge in [-0.15, -0.1) is 0 Å². The van der Waals surface area contributed by atoms with E-state index in [1.807, 2.05) is 0 Å². The summed E-state index contributed by atoms with van der Waals surface area (Å²) < 4.78 is 10.1. The van der Waals surface area contributed by atoms with Crippen molar-refractivity contribution < 1.29 is 9.47 Å². The van der Waals surface area contributed by atoms with E-state index in [0.717, 1.165) is 6.42 Å². The van der Waals surface area contributed by atoms with Gasteiger partial charge < -0.3 is 9.47 Å². The zero-order chi connectivity index (χ0) is 6.69. The first-order valence-electron chi connectivity index (χ1n) is 3.13. The van der Waals surface area contributed by atoms with E-state index in [1.54, 1.807) is 7.11 Å². The highest BCUT2D eigenvalue weighted by atomic mass is 16.5. The molecule has 1 fully saturated rings. The van der Waals surface area contributed by atoms with Crippen molar-refractivity contribution in [3.05, 3.63) is 12.2 Å². The van der Waals surface area contributed by atoms with E-state index in [1.165, 1.54) is 5.57 Å². The van der Waals surface area contributed by atoms with Crippen molar-refractivity contribution in [2.75, 3.05) is 20.3 Å². The quantitative estimate of drug-likeness (QED) is 0.415. The average Bonchev–Trinajstić information content (AvgIpc) is 2.48. The van der Waals surface area contributed by atoms with Gasteiger partial charge in [0.05, 0.1) is 19.3 Å². The molecule has 52 valence electrons. The maximum atomic E-state index is 5.28. The number of rotatable bonds is 4. The summed E-state index contributed by atoms with van der Waals surface area (Å²) in [6, 6.07) is 0. The van der Waals surface area contributed by atoms with Gasteiger partial charge in [-0.1, -0.05) is 6.58 Å². The molecule has 1 aliphatic carbocycles. The standard InChI is InChI=1S/C7H12O2/c1-6-5-7(6)9-4-3-8-2/h7H,1,3-5H2,2H3. The first kappa shape index (κ1) is 6.78. The average molecular weight is 128 g/mol. The second-order valence-electron chi connectivity index (χ2n) is 2.21. The smallest absolute Gasteiger partial charge is 0.0822 e. The number of hydrogen-bond donors (Lipinski definition) is 0. The van der Waals surface area contributed by atoms with E-state index in [9.17, 15) is 0 Å². The zero-order valence-electron chi connectivity index (χ0n) is 5.72. The fraction of sp³-hybridized carbons (Fsp3) is 0.714. The molecule has 2 heteroatoms. The topological polar surface area (TPSA) is 18.5 Å². The number of ether oxygens (including phenoxy) is 2. The molecular weight excluding hydrogens is 116 g/mol. The van der Waals surface area contributed by atoms with Gasteiger partial charge in [0, 0.05) is 13.5 Å². The van der Waals surface area contributed by atoms with Crippen molar-refractivity contribution in [2.45, 2.75) is 12.5 Å². The normalized spacial score (nSPS) is 24.6. The zero-order valence-corrected chi connectivity index (χ0v) is 5.72. The van der Waals surface area contributed by atoms with Crippen LogP contribution in [0.15, 0.2) is 12.2 Å². The van der Waals surface area contributed by atoms with Crippen LogP contribution in [0.1, 0.15) is 6.42 Å². The highest BCUT2D eigenvalue weighted by Crippen LogP contribution is 2.29. The predicted octanol–water partition coefficient (Wildman–Crippen LogP) is 0.978. The van der Waals surface area contributed by atoms with Crippen LogP contribution < -0.4 is 0 Å². The first-order chi connectivity index (χ1) is 4.34. The summed E-state index contributed by atoms with van der Waals surface area (Å²) in [5.41, 5.74) is 1.21. The lowest BCUT2D eigenvalue weighted by Crippen LogP contribution is -2.02. The molecule has 0 heterocycles. The van der Waals surface area contributed by atoms with E-state index in [4.69, 9.17) is 9.47 Å². The highest BCUT2D eigenvalue weighted by molar-refractivity contribution is 5.21. The Kier molecular flexibility index (Phi) is 2.25. The molecule has 0 N–H and O–H groups in total. The monoisotopic (exact) mass is 128 g/mol. The molecule has 2 nitrogen and oxygen atoms in total. The van der Waals surface area contributed by atoms with Crippen molar-refractivity contribution in [1.29, 1.82) is 0 Å². The fourth-order valence-electron chi connectivity index (χ4n) is 0.630. The van der Waals surface area contributed by atoms with Gasteiger partial charge in [-0.05, 0) is 5.57 Å². The summed E-state index contributed by atoms with van der Waals surface area (Å²) in [5, 5.41) is 0. The van der Waals surface area contributed by atoms with Gasteiger partial charge in [-0.2, -0.15) is 0 Å². The van der Waals surface area contributed by atoms with E-state index in [0.29, 0.717) is 19.3 Å². The lowest BCUT2D eigenvalue weighted by atomic mass is 10.7. The Morgan fingerprint density at radius 2 is 2.33 bits per heavy atom. The predicted molar refractivity (Wildman–Crippen MR) is 35.4 cm³/mol. The molecule has 0 amide bonds. The Hall–Kier alpha value is -0.340. The van der Waals surface area contributed by atoms with Crippen LogP contribution in [0.2, 0.25) is 0 Å². The minimum atomic E-state index is 0.347. The Morgan fingerprint density at radius 1 is 1.67 bits per heavy atom. The molecule has 0 aromatic carbocycles. The van der Waals surface area contributed by atoms with Crippen LogP contribution in [-0.2, 0) is 9.47 Å². The SMILES string of the molecule is C=C1CC1OCCOC. The van der Waals surface area contributed by atoms with E-state index in [-0.39, 0.29) is 0 Å². The Bertz CT molecular complexity index is 109. The molecule has 0 aromatic heterocycles. The molecule has 0 aliphatic heterocycles. The second kappa shape index (κ2) is 2.99. The molecule has 1 saturated carbocycles. The van der Waals surface area contributed by atoms with Crippen LogP contribution in [0.3, 0.4) is 0 Å². The van der Waals surface area contributed by atoms with Crippen LogP contribution in [0.25, 0.3) is 0 Å². The summed E-state index contributed by atoms with van der Waals surface area (Å²) in [6.07, 6.45) is 1.39. The van der Waals surface area contributed by atoms with Gasteiger partial charge in [0.2, 0.25) is 0 Å². The summed E-state index contributed by atoms with van der Waals surface area (Å²) in [5.74, 6) is 0. The van der Waals surface area contributed by atoms with Crippen LogP contribution in [-0.4, -0.2) is 26.4 Å². The molecule has 0 saturated heterocycles. The van der Waals surface area contributed by atoms with Gasteiger partial charge in [0.1, 0.15) is 0 Å². The molecule has 1 aliphatic rings. The molecule has 0 radical (unpaired) electrons. The van der Waals surface area contributed by atoms with Crippen molar-refractivity contribution in [2.24, 2.45) is 0 Å². The van der Waals surface area contributed by atoms with E-state index < -0.39 is 0 Å². The Morgan fingerprint density at radius 3 is 2.78 bits per heavy atom. The molecule has 9 heavy (non-hydrogen) atoms. The molecule has 1 atom stereocenters. The van der Waals surface area contributed by atoms with Crippen LogP contribution >= 0.6 is 0 Å². The third-order valence-corrected chi connectivity index (χ3v) is 1.35. The summed E-state index contributed by atoms with van der Waals surface area (Å²) >= 11 is 0.